The number of carboxylic acids is 1. The molecule has 0 saturated carbocycles. The van der Waals surface area contributed by atoms with Crippen LogP contribution in [-0.2, 0) is 0 Å². The number of aromatic carboxylic acids is 1. The topological polar surface area (TPSA) is 75.2 Å². The number of rotatable bonds is 3. The van der Waals surface area contributed by atoms with Crippen LogP contribution < -0.4 is 4.74 Å². The minimum Gasteiger partial charge on any atom is -0.493 e. The number of halogens is 3. The van der Waals surface area contributed by atoms with Gasteiger partial charge in [0, 0.05) is 0 Å². The van der Waals surface area contributed by atoms with E-state index in [0.717, 1.165) is 13.2 Å². The van der Waals surface area contributed by atoms with Crippen molar-refractivity contribution in [1.82, 2.24) is 10.2 Å². The Morgan fingerprint density at radius 2 is 2.00 bits per heavy atom. The Bertz CT molecular complexity index is 655. The molecule has 1 aromatic carbocycles. The zero-order valence-electron chi connectivity index (χ0n) is 9.50. The lowest BCUT2D eigenvalue weighted by Crippen LogP contribution is -1.99. The van der Waals surface area contributed by atoms with Crippen LogP contribution >= 0.6 is 0 Å². The van der Waals surface area contributed by atoms with Crippen LogP contribution in [0.3, 0.4) is 0 Å². The Morgan fingerprint density at radius 1 is 1.32 bits per heavy atom. The SMILES string of the molecule is COc1c(-c2cc(C(=O)O)[nH]n2)cc(F)c(F)c1F. The second-order valence-corrected chi connectivity index (χ2v) is 3.54. The summed E-state index contributed by atoms with van der Waals surface area (Å²) in [4.78, 5) is 10.7. The van der Waals surface area contributed by atoms with E-state index in [1.807, 2.05) is 0 Å². The van der Waals surface area contributed by atoms with Gasteiger partial charge in [0.15, 0.2) is 17.4 Å². The summed E-state index contributed by atoms with van der Waals surface area (Å²) in [7, 11) is 1.07. The molecule has 1 aromatic heterocycles. The van der Waals surface area contributed by atoms with E-state index in [-0.39, 0.29) is 17.0 Å². The number of nitrogens with zero attached hydrogens (tertiary/aromatic N) is 1. The van der Waals surface area contributed by atoms with Crippen LogP contribution in [0.4, 0.5) is 13.2 Å². The fourth-order valence-corrected chi connectivity index (χ4v) is 1.54. The Kier molecular flexibility index (Phi) is 3.16. The van der Waals surface area contributed by atoms with E-state index in [4.69, 9.17) is 5.11 Å². The average molecular weight is 272 g/mol. The van der Waals surface area contributed by atoms with Gasteiger partial charge in [-0.05, 0) is 12.1 Å². The van der Waals surface area contributed by atoms with Crippen molar-refractivity contribution in [3.05, 3.63) is 35.3 Å². The van der Waals surface area contributed by atoms with Crippen molar-refractivity contribution in [2.24, 2.45) is 0 Å². The largest absolute Gasteiger partial charge is 0.493 e. The zero-order valence-corrected chi connectivity index (χ0v) is 9.50. The van der Waals surface area contributed by atoms with E-state index < -0.39 is 29.2 Å². The van der Waals surface area contributed by atoms with Gasteiger partial charge in [-0.15, -0.1) is 0 Å². The van der Waals surface area contributed by atoms with E-state index in [9.17, 15) is 18.0 Å². The molecule has 0 aliphatic rings. The van der Waals surface area contributed by atoms with E-state index in [1.165, 1.54) is 0 Å². The number of carboxylic acid groups (broad SMARTS) is 1. The van der Waals surface area contributed by atoms with E-state index in [2.05, 4.69) is 14.9 Å². The molecule has 5 nitrogen and oxygen atoms in total. The minimum atomic E-state index is -1.67. The van der Waals surface area contributed by atoms with Gasteiger partial charge in [-0.1, -0.05) is 0 Å². The number of hydrogen-bond acceptors (Lipinski definition) is 3. The first kappa shape index (κ1) is 12.9. The number of benzene rings is 1. The van der Waals surface area contributed by atoms with Gasteiger partial charge in [-0.25, -0.2) is 13.6 Å². The van der Waals surface area contributed by atoms with Crippen LogP contribution in [0.5, 0.6) is 5.75 Å². The first-order valence-corrected chi connectivity index (χ1v) is 4.96. The molecule has 8 heteroatoms. The first-order chi connectivity index (χ1) is 8.95. The molecule has 2 rings (SSSR count). The van der Waals surface area contributed by atoms with Crippen LogP contribution in [-0.4, -0.2) is 28.4 Å². The fraction of sp³-hybridized carbons (Fsp3) is 0.0909. The molecule has 0 aliphatic heterocycles. The summed E-state index contributed by atoms with van der Waals surface area (Å²) in [6.45, 7) is 0. The highest BCUT2D eigenvalue weighted by Crippen LogP contribution is 2.34. The molecular formula is C11H7F3N2O3. The van der Waals surface area contributed by atoms with Crippen LogP contribution in [0.15, 0.2) is 12.1 Å². The zero-order chi connectivity index (χ0) is 14.2. The molecule has 0 fully saturated rings. The van der Waals surface area contributed by atoms with Gasteiger partial charge >= 0.3 is 5.97 Å². The van der Waals surface area contributed by atoms with Crippen LogP contribution in [0.1, 0.15) is 10.5 Å². The molecule has 0 amide bonds. The molecular weight excluding hydrogens is 265 g/mol. The molecule has 0 unspecified atom stereocenters. The lowest BCUT2D eigenvalue weighted by molar-refractivity contribution is 0.0690. The smallest absolute Gasteiger partial charge is 0.353 e. The number of ether oxygens (including phenoxy) is 1. The van der Waals surface area contributed by atoms with Gasteiger partial charge in [0.1, 0.15) is 5.69 Å². The highest BCUT2D eigenvalue weighted by molar-refractivity contribution is 5.87. The van der Waals surface area contributed by atoms with Crippen LogP contribution in [0.2, 0.25) is 0 Å². The molecule has 1 heterocycles. The Labute approximate surface area is 104 Å². The third kappa shape index (κ3) is 2.12. The maximum absolute atomic E-state index is 13.5. The standard InChI is InChI=1S/C11H7F3N2O3/c1-19-10-4(2-5(12)8(13)9(10)14)6-3-7(11(17)18)16-15-6/h2-3H,1H3,(H,15,16)(H,17,18). The van der Waals surface area contributed by atoms with Crippen molar-refractivity contribution in [1.29, 1.82) is 0 Å². The number of hydrogen-bond donors (Lipinski definition) is 2. The average Bonchev–Trinajstić information content (AvgIpc) is 2.85. The number of aromatic amines is 1. The predicted octanol–water partition coefficient (Wildman–Crippen LogP) is 2.20. The summed E-state index contributed by atoms with van der Waals surface area (Å²) in [6, 6.07) is 1.73. The monoisotopic (exact) mass is 272 g/mol. The maximum atomic E-state index is 13.5. The summed E-state index contributed by atoms with van der Waals surface area (Å²) in [5.74, 6) is -6.44. The Morgan fingerprint density at radius 3 is 2.53 bits per heavy atom. The van der Waals surface area contributed by atoms with Gasteiger partial charge in [0.2, 0.25) is 5.82 Å². The third-order valence-electron chi connectivity index (χ3n) is 2.41. The maximum Gasteiger partial charge on any atom is 0.353 e. The molecule has 0 bridgehead atoms. The fourth-order valence-electron chi connectivity index (χ4n) is 1.54. The van der Waals surface area contributed by atoms with Crippen molar-refractivity contribution < 1.29 is 27.8 Å². The molecule has 2 N–H and O–H groups in total. The molecule has 2 aromatic rings. The predicted molar refractivity (Wildman–Crippen MR) is 57.4 cm³/mol. The Hall–Kier alpha value is -2.51. The summed E-state index contributed by atoms with van der Waals surface area (Å²) in [6.07, 6.45) is 0. The quantitative estimate of drug-likeness (QED) is 0.840. The highest BCUT2D eigenvalue weighted by atomic mass is 19.2. The van der Waals surface area contributed by atoms with Crippen LogP contribution in [0, 0.1) is 17.5 Å². The van der Waals surface area contributed by atoms with Gasteiger partial charge in [0.05, 0.1) is 18.4 Å². The third-order valence-corrected chi connectivity index (χ3v) is 2.41. The second-order valence-electron chi connectivity index (χ2n) is 3.54. The number of H-pyrrole nitrogens is 1. The summed E-state index contributed by atoms with van der Waals surface area (Å²) in [5, 5.41) is 14.5. The lowest BCUT2D eigenvalue weighted by atomic mass is 10.1. The minimum absolute atomic E-state index is 0.0768. The first-order valence-electron chi connectivity index (χ1n) is 4.96. The molecule has 0 spiro atoms. The lowest BCUT2D eigenvalue weighted by Gasteiger charge is -2.08. The van der Waals surface area contributed by atoms with Crippen molar-refractivity contribution in [2.45, 2.75) is 0 Å². The number of carbonyl (C=O) groups is 1. The van der Waals surface area contributed by atoms with E-state index in [0.29, 0.717) is 6.07 Å². The van der Waals surface area contributed by atoms with Crippen molar-refractivity contribution in [3.8, 4) is 17.0 Å². The second kappa shape index (κ2) is 4.63. The number of nitrogens with one attached hydrogen (secondary N) is 1. The van der Waals surface area contributed by atoms with Gasteiger partial charge < -0.3 is 9.84 Å². The van der Waals surface area contributed by atoms with E-state index >= 15 is 0 Å². The molecule has 100 valence electrons. The molecule has 19 heavy (non-hydrogen) atoms. The van der Waals surface area contributed by atoms with Crippen LogP contribution in [0.25, 0.3) is 11.3 Å². The molecule has 0 aliphatic carbocycles. The van der Waals surface area contributed by atoms with Gasteiger partial charge in [0.25, 0.3) is 0 Å². The molecule has 0 radical (unpaired) electrons. The summed E-state index contributed by atoms with van der Waals surface area (Å²) >= 11 is 0. The summed E-state index contributed by atoms with van der Waals surface area (Å²) in [5.41, 5.74) is -0.545. The van der Waals surface area contributed by atoms with Crippen molar-refractivity contribution in [3.63, 3.8) is 0 Å². The number of aromatic nitrogens is 2. The Balaban J connectivity index is 2.63. The molecule has 0 saturated heterocycles. The van der Waals surface area contributed by atoms with Crippen molar-refractivity contribution >= 4 is 5.97 Å². The molecule has 0 atom stereocenters. The van der Waals surface area contributed by atoms with Gasteiger partial charge in [-0.2, -0.15) is 9.49 Å². The number of methoxy groups -OCH3 is 1. The summed E-state index contributed by atoms with van der Waals surface area (Å²) < 4.78 is 44.4. The van der Waals surface area contributed by atoms with E-state index in [1.54, 1.807) is 0 Å². The van der Waals surface area contributed by atoms with Crippen molar-refractivity contribution in [2.75, 3.05) is 7.11 Å². The highest BCUT2D eigenvalue weighted by Gasteiger charge is 2.22. The normalized spacial score (nSPS) is 10.5. The van der Waals surface area contributed by atoms with Gasteiger partial charge in [-0.3, -0.25) is 5.10 Å².